The predicted molar refractivity (Wildman–Crippen MR) is 82.6 cm³/mol. The van der Waals surface area contributed by atoms with Crippen molar-refractivity contribution in [3.63, 3.8) is 0 Å². The van der Waals surface area contributed by atoms with Gasteiger partial charge in [-0.05, 0) is 34.6 Å². The number of hydrogen-bond donors (Lipinski definition) is 1. The third-order valence-electron chi connectivity index (χ3n) is 3.50. The fraction of sp³-hybridized carbons (Fsp3) is 0.643. The van der Waals surface area contributed by atoms with Gasteiger partial charge in [-0.1, -0.05) is 0 Å². The maximum atomic E-state index is 12.7. The molecule has 0 unspecified atom stereocenters. The van der Waals surface area contributed by atoms with Crippen LogP contribution in [0.2, 0.25) is 0 Å². The van der Waals surface area contributed by atoms with Crippen LogP contribution >= 0.6 is 0 Å². The van der Waals surface area contributed by atoms with Crippen LogP contribution in [0.15, 0.2) is 9.59 Å². The molecule has 0 amide bonds. The zero-order valence-corrected chi connectivity index (χ0v) is 13.3. The summed E-state index contributed by atoms with van der Waals surface area (Å²) in [4.78, 5) is 29.7. The summed E-state index contributed by atoms with van der Waals surface area (Å²) in [5, 5.41) is 0. The molecule has 2 N–H and O–H groups in total. The van der Waals surface area contributed by atoms with E-state index in [1.807, 2.05) is 25.3 Å². The van der Waals surface area contributed by atoms with Crippen LogP contribution < -0.4 is 17.0 Å². The van der Waals surface area contributed by atoms with E-state index < -0.39 is 5.54 Å². The van der Waals surface area contributed by atoms with Gasteiger partial charge in [0.1, 0.15) is 5.82 Å². The Kier molecular flexibility index (Phi) is 3.79. The highest BCUT2D eigenvalue weighted by molar-refractivity contribution is 5.71. The van der Waals surface area contributed by atoms with Crippen molar-refractivity contribution >= 4 is 11.2 Å². The first kappa shape index (κ1) is 15.5. The molecule has 2 heterocycles. The Hall–Kier alpha value is -1.89. The van der Waals surface area contributed by atoms with Crippen LogP contribution in [0.3, 0.4) is 0 Å². The van der Waals surface area contributed by atoms with Gasteiger partial charge >= 0.3 is 5.69 Å². The SMILES string of the molecule is CCn1c(C)nc2c1c(=O)n(CC(C)(C)N)c(=O)n2CC. The quantitative estimate of drug-likeness (QED) is 0.886. The first-order chi connectivity index (χ1) is 9.71. The molecule has 0 saturated heterocycles. The normalized spacial score (nSPS) is 12.3. The molecule has 2 aromatic rings. The summed E-state index contributed by atoms with van der Waals surface area (Å²) in [6.45, 7) is 10.5. The minimum Gasteiger partial charge on any atom is -0.324 e. The van der Waals surface area contributed by atoms with E-state index >= 15 is 0 Å². The molecular weight excluding hydrogens is 270 g/mol. The summed E-state index contributed by atoms with van der Waals surface area (Å²) in [5.41, 5.74) is 5.60. The van der Waals surface area contributed by atoms with Gasteiger partial charge in [0.05, 0.1) is 0 Å². The van der Waals surface area contributed by atoms with E-state index in [4.69, 9.17) is 5.73 Å². The van der Waals surface area contributed by atoms with Gasteiger partial charge in [0, 0.05) is 25.2 Å². The molecule has 0 spiro atoms. The molecule has 0 fully saturated rings. The number of hydrogen-bond acceptors (Lipinski definition) is 4. The smallest absolute Gasteiger partial charge is 0.324 e. The first-order valence-electron chi connectivity index (χ1n) is 7.20. The molecule has 2 aromatic heterocycles. The number of imidazole rings is 1. The van der Waals surface area contributed by atoms with Crippen LogP contribution in [0.4, 0.5) is 0 Å². The van der Waals surface area contributed by atoms with Gasteiger partial charge in [-0.2, -0.15) is 0 Å². The lowest BCUT2D eigenvalue weighted by Gasteiger charge is -2.20. The molecule has 7 nitrogen and oxygen atoms in total. The zero-order valence-electron chi connectivity index (χ0n) is 13.3. The van der Waals surface area contributed by atoms with E-state index in [0.717, 1.165) is 5.82 Å². The van der Waals surface area contributed by atoms with Crippen LogP contribution in [0.25, 0.3) is 11.2 Å². The van der Waals surface area contributed by atoms with Crippen LogP contribution in [0.1, 0.15) is 33.5 Å². The minimum absolute atomic E-state index is 0.175. The average molecular weight is 293 g/mol. The second-order valence-electron chi connectivity index (χ2n) is 5.98. The van der Waals surface area contributed by atoms with E-state index in [0.29, 0.717) is 24.3 Å². The molecule has 0 aliphatic carbocycles. The van der Waals surface area contributed by atoms with Crippen molar-refractivity contribution in [2.75, 3.05) is 0 Å². The molecule has 0 aliphatic rings. The summed E-state index contributed by atoms with van der Waals surface area (Å²) in [6.07, 6.45) is 0. The summed E-state index contributed by atoms with van der Waals surface area (Å²) < 4.78 is 4.59. The van der Waals surface area contributed by atoms with Gasteiger partial charge in [-0.15, -0.1) is 0 Å². The highest BCUT2D eigenvalue weighted by atomic mass is 16.2. The highest BCUT2D eigenvalue weighted by Crippen LogP contribution is 2.11. The number of nitrogens with two attached hydrogens (primary N) is 1. The summed E-state index contributed by atoms with van der Waals surface area (Å²) in [5.74, 6) is 0.732. The average Bonchev–Trinajstić information content (AvgIpc) is 2.70. The summed E-state index contributed by atoms with van der Waals surface area (Å²) in [6, 6.07) is 0. The Balaban J connectivity index is 2.94. The van der Waals surface area contributed by atoms with E-state index in [1.54, 1.807) is 13.8 Å². The van der Waals surface area contributed by atoms with Gasteiger partial charge in [0.15, 0.2) is 11.2 Å². The van der Waals surface area contributed by atoms with Crippen molar-refractivity contribution in [2.45, 2.75) is 59.8 Å². The Morgan fingerprint density at radius 2 is 1.67 bits per heavy atom. The third-order valence-corrected chi connectivity index (χ3v) is 3.50. The Morgan fingerprint density at radius 3 is 2.14 bits per heavy atom. The van der Waals surface area contributed by atoms with Crippen molar-refractivity contribution in [3.8, 4) is 0 Å². The lowest BCUT2D eigenvalue weighted by Crippen LogP contribution is -2.48. The van der Waals surface area contributed by atoms with E-state index in [9.17, 15) is 9.59 Å². The number of nitrogens with zero attached hydrogens (tertiary/aromatic N) is 4. The molecule has 0 bridgehead atoms. The molecule has 0 atom stereocenters. The maximum Gasteiger partial charge on any atom is 0.332 e. The Bertz CT molecular complexity index is 789. The van der Waals surface area contributed by atoms with Crippen molar-refractivity contribution in [1.82, 2.24) is 18.7 Å². The lowest BCUT2D eigenvalue weighted by molar-refractivity contribution is 0.408. The van der Waals surface area contributed by atoms with E-state index in [-0.39, 0.29) is 17.8 Å². The van der Waals surface area contributed by atoms with Crippen molar-refractivity contribution < 1.29 is 0 Å². The zero-order chi connectivity index (χ0) is 15.9. The van der Waals surface area contributed by atoms with Gasteiger partial charge in [-0.3, -0.25) is 13.9 Å². The standard InChI is InChI=1S/C14H23N5O2/c1-6-17-9(3)16-11-10(17)12(20)19(8-14(4,5)15)13(21)18(11)7-2/h6-8,15H2,1-5H3. The molecule has 0 saturated carbocycles. The molecule has 0 radical (unpaired) electrons. The van der Waals surface area contributed by atoms with Crippen LogP contribution in [0, 0.1) is 6.92 Å². The van der Waals surface area contributed by atoms with Crippen LogP contribution in [0.5, 0.6) is 0 Å². The summed E-state index contributed by atoms with van der Waals surface area (Å²) >= 11 is 0. The number of fused-ring (bicyclic) bond motifs is 1. The number of aryl methyl sites for hydroxylation is 3. The molecule has 7 heteroatoms. The molecule has 116 valence electrons. The monoisotopic (exact) mass is 293 g/mol. The first-order valence-corrected chi connectivity index (χ1v) is 7.20. The fourth-order valence-electron chi connectivity index (χ4n) is 2.62. The maximum absolute atomic E-state index is 12.7. The Morgan fingerprint density at radius 1 is 1.10 bits per heavy atom. The molecule has 21 heavy (non-hydrogen) atoms. The summed E-state index contributed by atoms with van der Waals surface area (Å²) in [7, 11) is 0. The fourth-order valence-corrected chi connectivity index (χ4v) is 2.62. The van der Waals surface area contributed by atoms with Gasteiger partial charge < -0.3 is 10.3 Å². The van der Waals surface area contributed by atoms with E-state index in [2.05, 4.69) is 4.98 Å². The van der Waals surface area contributed by atoms with Crippen LogP contribution in [-0.4, -0.2) is 24.2 Å². The molecule has 0 aliphatic heterocycles. The number of aromatic nitrogens is 4. The number of rotatable bonds is 4. The van der Waals surface area contributed by atoms with Crippen molar-refractivity contribution in [2.24, 2.45) is 5.73 Å². The van der Waals surface area contributed by atoms with Gasteiger partial charge in [0.2, 0.25) is 0 Å². The van der Waals surface area contributed by atoms with E-state index in [1.165, 1.54) is 9.13 Å². The Labute approximate surface area is 123 Å². The largest absolute Gasteiger partial charge is 0.332 e. The van der Waals surface area contributed by atoms with Crippen molar-refractivity contribution in [1.29, 1.82) is 0 Å². The van der Waals surface area contributed by atoms with Crippen LogP contribution in [-0.2, 0) is 19.6 Å². The topological polar surface area (TPSA) is 87.8 Å². The predicted octanol–water partition coefficient (Wildman–Crippen LogP) is 0.445. The third kappa shape index (κ3) is 2.53. The van der Waals surface area contributed by atoms with Gasteiger partial charge in [-0.25, -0.2) is 9.78 Å². The second-order valence-corrected chi connectivity index (χ2v) is 5.98. The highest BCUT2D eigenvalue weighted by Gasteiger charge is 2.22. The minimum atomic E-state index is -0.644. The van der Waals surface area contributed by atoms with Crippen molar-refractivity contribution in [3.05, 3.63) is 26.7 Å². The molecular formula is C14H23N5O2. The molecule has 2 rings (SSSR count). The second kappa shape index (κ2) is 5.14. The van der Waals surface area contributed by atoms with Gasteiger partial charge in [0.25, 0.3) is 5.56 Å². The molecule has 0 aromatic carbocycles. The lowest BCUT2D eigenvalue weighted by atomic mass is 10.1.